The van der Waals surface area contributed by atoms with E-state index in [0.29, 0.717) is 11.7 Å². The van der Waals surface area contributed by atoms with Gasteiger partial charge in [-0.3, -0.25) is 0 Å². The highest BCUT2D eigenvalue weighted by Gasteiger charge is 2.68. The molecule has 0 aromatic carbocycles. The molecule has 3 aliphatic carbocycles. The molecule has 2 bridgehead atoms. The standard InChI is InChI=1S/C9H14O/c1-5-6-3-7(5)9(2)8(4-6)10-9/h5-8H,3-4H2,1-2H3/t5-,6-,7-,8-,9+/m1/s1. The third-order valence-electron chi connectivity index (χ3n) is 4.17. The van der Waals surface area contributed by atoms with Gasteiger partial charge in [0, 0.05) is 0 Å². The molecular weight excluding hydrogens is 124 g/mol. The highest BCUT2D eigenvalue weighted by molar-refractivity contribution is 5.16. The van der Waals surface area contributed by atoms with Crippen molar-refractivity contribution in [2.75, 3.05) is 0 Å². The highest BCUT2D eigenvalue weighted by atomic mass is 16.6. The molecule has 1 aliphatic heterocycles. The number of epoxide rings is 1. The van der Waals surface area contributed by atoms with Crippen molar-refractivity contribution in [3.05, 3.63) is 0 Å². The Hall–Kier alpha value is -0.0400. The van der Waals surface area contributed by atoms with E-state index in [1.807, 2.05) is 0 Å². The molecular formula is C9H14O. The first-order valence-electron chi connectivity index (χ1n) is 4.39. The fraction of sp³-hybridized carbons (Fsp3) is 1.00. The lowest BCUT2D eigenvalue weighted by atomic mass is 9.54. The number of rotatable bonds is 0. The molecule has 0 N–H and O–H groups in total. The molecule has 56 valence electrons. The Morgan fingerprint density at radius 3 is 2.70 bits per heavy atom. The Balaban J connectivity index is 1.94. The van der Waals surface area contributed by atoms with E-state index in [1.54, 1.807) is 0 Å². The van der Waals surface area contributed by atoms with Gasteiger partial charge in [-0.05, 0) is 37.5 Å². The summed E-state index contributed by atoms with van der Waals surface area (Å²) in [6.45, 7) is 4.69. The van der Waals surface area contributed by atoms with Crippen LogP contribution < -0.4 is 0 Å². The molecule has 0 radical (unpaired) electrons. The maximum Gasteiger partial charge on any atom is 0.0951 e. The zero-order valence-corrected chi connectivity index (χ0v) is 6.63. The van der Waals surface area contributed by atoms with Crippen LogP contribution in [0.1, 0.15) is 26.7 Å². The lowest BCUT2D eigenvalue weighted by molar-refractivity contribution is 0.00827. The summed E-state index contributed by atoms with van der Waals surface area (Å²) in [4.78, 5) is 0. The minimum atomic E-state index is 0.341. The predicted molar refractivity (Wildman–Crippen MR) is 38.7 cm³/mol. The van der Waals surface area contributed by atoms with Crippen LogP contribution in [0.4, 0.5) is 0 Å². The summed E-state index contributed by atoms with van der Waals surface area (Å²) in [5, 5.41) is 0. The third kappa shape index (κ3) is 0.402. The summed E-state index contributed by atoms with van der Waals surface area (Å²) in [6, 6.07) is 0. The van der Waals surface area contributed by atoms with Crippen LogP contribution in [0.15, 0.2) is 0 Å². The van der Waals surface area contributed by atoms with Gasteiger partial charge < -0.3 is 4.74 Å². The minimum Gasteiger partial charge on any atom is -0.366 e. The van der Waals surface area contributed by atoms with Crippen molar-refractivity contribution in [3.63, 3.8) is 0 Å². The van der Waals surface area contributed by atoms with Crippen LogP contribution in [0.3, 0.4) is 0 Å². The molecule has 4 aliphatic rings. The first-order valence-corrected chi connectivity index (χ1v) is 4.39. The first kappa shape index (κ1) is 5.59. The van der Waals surface area contributed by atoms with Crippen LogP contribution >= 0.6 is 0 Å². The fourth-order valence-corrected chi connectivity index (χ4v) is 3.11. The van der Waals surface area contributed by atoms with E-state index in [0.717, 1.165) is 17.8 Å². The van der Waals surface area contributed by atoms with Crippen molar-refractivity contribution >= 4 is 0 Å². The molecule has 1 saturated heterocycles. The van der Waals surface area contributed by atoms with Crippen molar-refractivity contribution in [1.82, 2.24) is 0 Å². The van der Waals surface area contributed by atoms with Gasteiger partial charge in [-0.1, -0.05) is 6.92 Å². The average molecular weight is 138 g/mol. The third-order valence-corrected chi connectivity index (χ3v) is 4.17. The largest absolute Gasteiger partial charge is 0.366 e. The summed E-state index contributed by atoms with van der Waals surface area (Å²) in [5.74, 6) is 2.89. The summed E-state index contributed by atoms with van der Waals surface area (Å²) in [7, 11) is 0. The molecule has 0 unspecified atom stereocenters. The van der Waals surface area contributed by atoms with E-state index in [9.17, 15) is 0 Å². The van der Waals surface area contributed by atoms with Crippen LogP contribution in [0.5, 0.6) is 0 Å². The van der Waals surface area contributed by atoms with Gasteiger partial charge in [0.15, 0.2) is 0 Å². The van der Waals surface area contributed by atoms with E-state index in [1.165, 1.54) is 12.8 Å². The van der Waals surface area contributed by atoms with E-state index in [-0.39, 0.29) is 0 Å². The molecule has 0 amide bonds. The molecule has 1 nitrogen and oxygen atoms in total. The normalized spacial score (nSPS) is 70.2. The Morgan fingerprint density at radius 2 is 2.20 bits per heavy atom. The Bertz CT molecular complexity index is 189. The Kier molecular flexibility index (Phi) is 0.722. The SMILES string of the molecule is C[C@@H]1[C@@H]2C[C@H]1[C@]1(C)O[C@@H]1C2. The van der Waals surface area contributed by atoms with E-state index in [2.05, 4.69) is 13.8 Å². The maximum absolute atomic E-state index is 5.69. The predicted octanol–water partition coefficient (Wildman–Crippen LogP) is 1.82. The molecule has 4 fully saturated rings. The topological polar surface area (TPSA) is 12.5 Å². The second-order valence-electron chi connectivity index (χ2n) is 4.49. The molecule has 0 spiro atoms. The van der Waals surface area contributed by atoms with Crippen molar-refractivity contribution in [1.29, 1.82) is 0 Å². The fourth-order valence-electron chi connectivity index (χ4n) is 3.11. The van der Waals surface area contributed by atoms with Crippen molar-refractivity contribution in [3.8, 4) is 0 Å². The van der Waals surface area contributed by atoms with Crippen molar-refractivity contribution < 1.29 is 4.74 Å². The quantitative estimate of drug-likeness (QED) is 0.465. The average Bonchev–Trinajstić information content (AvgIpc) is 2.57. The van der Waals surface area contributed by atoms with Crippen LogP contribution in [0.2, 0.25) is 0 Å². The van der Waals surface area contributed by atoms with Gasteiger partial charge in [0.25, 0.3) is 0 Å². The summed E-state index contributed by atoms with van der Waals surface area (Å²) in [6.07, 6.45) is 3.47. The molecule has 0 aromatic heterocycles. The number of hydrogen-bond acceptors (Lipinski definition) is 1. The van der Waals surface area contributed by atoms with Crippen molar-refractivity contribution in [2.45, 2.75) is 38.4 Å². The molecule has 5 atom stereocenters. The zero-order chi connectivity index (χ0) is 6.93. The zero-order valence-electron chi connectivity index (χ0n) is 6.63. The van der Waals surface area contributed by atoms with Gasteiger partial charge in [-0.15, -0.1) is 0 Å². The van der Waals surface area contributed by atoms with Crippen LogP contribution in [-0.4, -0.2) is 11.7 Å². The van der Waals surface area contributed by atoms with Crippen molar-refractivity contribution in [2.24, 2.45) is 17.8 Å². The van der Waals surface area contributed by atoms with Gasteiger partial charge in [-0.25, -0.2) is 0 Å². The summed E-state index contributed by atoms with van der Waals surface area (Å²) < 4.78 is 5.69. The molecule has 10 heavy (non-hydrogen) atoms. The van der Waals surface area contributed by atoms with Gasteiger partial charge in [-0.2, -0.15) is 0 Å². The van der Waals surface area contributed by atoms with Gasteiger partial charge in [0.05, 0.1) is 11.7 Å². The van der Waals surface area contributed by atoms with Gasteiger partial charge in [0.2, 0.25) is 0 Å². The smallest absolute Gasteiger partial charge is 0.0951 e. The molecule has 4 rings (SSSR count). The van der Waals surface area contributed by atoms with E-state index >= 15 is 0 Å². The lowest BCUT2D eigenvalue weighted by Gasteiger charge is -2.48. The minimum absolute atomic E-state index is 0.341. The van der Waals surface area contributed by atoms with Gasteiger partial charge >= 0.3 is 0 Å². The monoisotopic (exact) mass is 138 g/mol. The molecule has 0 aromatic rings. The second kappa shape index (κ2) is 1.29. The van der Waals surface area contributed by atoms with E-state index < -0.39 is 0 Å². The molecule has 3 saturated carbocycles. The summed E-state index contributed by atoms with van der Waals surface area (Å²) >= 11 is 0. The van der Waals surface area contributed by atoms with Crippen LogP contribution in [0.25, 0.3) is 0 Å². The second-order valence-corrected chi connectivity index (χ2v) is 4.49. The number of hydrogen-bond donors (Lipinski definition) is 0. The Morgan fingerprint density at radius 1 is 1.40 bits per heavy atom. The maximum atomic E-state index is 5.69. The lowest BCUT2D eigenvalue weighted by Crippen LogP contribution is -2.48. The Labute approximate surface area is 61.8 Å². The van der Waals surface area contributed by atoms with E-state index in [4.69, 9.17) is 4.74 Å². The first-order chi connectivity index (χ1) is 4.72. The van der Waals surface area contributed by atoms with Crippen LogP contribution in [-0.2, 0) is 4.74 Å². The molecule has 1 heteroatoms. The molecule has 1 heterocycles. The van der Waals surface area contributed by atoms with Gasteiger partial charge in [0.1, 0.15) is 0 Å². The highest BCUT2D eigenvalue weighted by Crippen LogP contribution is 2.64. The van der Waals surface area contributed by atoms with Crippen LogP contribution in [0, 0.1) is 17.8 Å². The number of ether oxygens (including phenoxy) is 1. The summed E-state index contributed by atoms with van der Waals surface area (Å²) in [5.41, 5.74) is 0.341.